The molecule has 0 aliphatic carbocycles. The fourth-order valence-corrected chi connectivity index (χ4v) is 3.46. The molecule has 124 valence electrons. The standard InChI is InChI=1S/C20H25N4/c1-4-24(18-13-9-6-10-14-18)16(2)22-19(15-20(24)21-3)23-17-11-7-5-8-12-17/h5-16,21H,4H2,1-3H3,(H,22,23)/q+1. The summed E-state index contributed by atoms with van der Waals surface area (Å²) in [6.45, 7) is 5.31. The van der Waals surface area contributed by atoms with Crippen LogP contribution in [0.4, 0.5) is 11.4 Å². The molecule has 2 atom stereocenters. The number of nitrogens with one attached hydrogen (secondary N) is 2. The number of para-hydroxylation sites is 2. The van der Waals surface area contributed by atoms with Gasteiger partial charge in [0.15, 0.2) is 6.17 Å². The maximum absolute atomic E-state index is 4.94. The third-order valence-corrected chi connectivity index (χ3v) is 4.69. The van der Waals surface area contributed by atoms with Crippen LogP contribution in [0.25, 0.3) is 0 Å². The lowest BCUT2D eigenvalue weighted by molar-refractivity contribution is 0.267. The molecule has 0 saturated heterocycles. The maximum atomic E-state index is 4.94. The van der Waals surface area contributed by atoms with E-state index in [0.29, 0.717) is 4.48 Å². The molecule has 1 heterocycles. The van der Waals surface area contributed by atoms with Crippen molar-refractivity contribution in [3.63, 3.8) is 0 Å². The summed E-state index contributed by atoms with van der Waals surface area (Å²) in [6.07, 6.45) is 2.19. The van der Waals surface area contributed by atoms with E-state index in [1.807, 2.05) is 37.4 Å². The molecule has 24 heavy (non-hydrogen) atoms. The zero-order valence-corrected chi connectivity index (χ0v) is 14.5. The van der Waals surface area contributed by atoms with Crippen molar-refractivity contribution in [2.24, 2.45) is 4.99 Å². The second-order valence-electron chi connectivity index (χ2n) is 5.94. The highest BCUT2D eigenvalue weighted by molar-refractivity contribution is 6.05. The van der Waals surface area contributed by atoms with E-state index < -0.39 is 0 Å². The Kier molecular flexibility index (Phi) is 4.67. The third kappa shape index (κ3) is 2.81. The summed E-state index contributed by atoms with van der Waals surface area (Å²) in [5.41, 5.74) is 2.29. The van der Waals surface area contributed by atoms with Crippen LogP contribution in [0.1, 0.15) is 13.8 Å². The predicted molar refractivity (Wildman–Crippen MR) is 103 cm³/mol. The van der Waals surface area contributed by atoms with Crippen LogP contribution in [-0.4, -0.2) is 25.6 Å². The van der Waals surface area contributed by atoms with Crippen molar-refractivity contribution in [1.29, 1.82) is 0 Å². The first kappa shape index (κ1) is 16.3. The van der Waals surface area contributed by atoms with Crippen molar-refractivity contribution in [3.8, 4) is 0 Å². The number of amidine groups is 1. The normalized spacial score (nSPS) is 23.2. The molecule has 0 aromatic heterocycles. The van der Waals surface area contributed by atoms with Gasteiger partial charge in [0.2, 0.25) is 5.82 Å². The number of quaternary nitrogens is 1. The third-order valence-electron chi connectivity index (χ3n) is 4.69. The Labute approximate surface area is 144 Å². The minimum atomic E-state index is 0.0797. The zero-order valence-electron chi connectivity index (χ0n) is 14.5. The summed E-state index contributed by atoms with van der Waals surface area (Å²) >= 11 is 0. The van der Waals surface area contributed by atoms with E-state index in [4.69, 9.17) is 4.99 Å². The number of anilines is 1. The van der Waals surface area contributed by atoms with E-state index >= 15 is 0 Å². The number of rotatable bonds is 4. The summed E-state index contributed by atoms with van der Waals surface area (Å²) in [6, 6.07) is 20.7. The Balaban J connectivity index is 1.99. The van der Waals surface area contributed by atoms with E-state index in [1.165, 1.54) is 5.69 Å². The summed E-state index contributed by atoms with van der Waals surface area (Å²) in [5, 5.41) is 6.82. The molecule has 0 spiro atoms. The zero-order chi connectivity index (χ0) is 17.0. The minimum Gasteiger partial charge on any atom is -0.344 e. The SMILES string of the molecule is CC[N+]1(c2ccccc2)C(NC)=CC(Nc2ccccc2)=NC1C. The summed E-state index contributed by atoms with van der Waals surface area (Å²) < 4.78 is 0.692. The van der Waals surface area contributed by atoms with Crippen molar-refractivity contribution >= 4 is 17.2 Å². The van der Waals surface area contributed by atoms with Crippen LogP contribution in [0, 0.1) is 0 Å². The van der Waals surface area contributed by atoms with Crippen molar-refractivity contribution in [2.75, 3.05) is 18.9 Å². The summed E-state index contributed by atoms with van der Waals surface area (Å²) in [5.74, 6) is 2.03. The van der Waals surface area contributed by atoms with E-state index in [-0.39, 0.29) is 6.17 Å². The predicted octanol–water partition coefficient (Wildman–Crippen LogP) is 3.94. The fourth-order valence-electron chi connectivity index (χ4n) is 3.46. The van der Waals surface area contributed by atoms with Gasteiger partial charge >= 0.3 is 0 Å². The minimum absolute atomic E-state index is 0.0797. The highest BCUT2D eigenvalue weighted by atomic mass is 15.5. The first-order valence-corrected chi connectivity index (χ1v) is 8.44. The summed E-state index contributed by atoms with van der Waals surface area (Å²) in [4.78, 5) is 4.94. The van der Waals surface area contributed by atoms with Crippen LogP contribution in [0.2, 0.25) is 0 Å². The van der Waals surface area contributed by atoms with Gasteiger partial charge < -0.3 is 10.6 Å². The van der Waals surface area contributed by atoms with E-state index in [0.717, 1.165) is 23.9 Å². The van der Waals surface area contributed by atoms with Crippen molar-refractivity contribution in [1.82, 2.24) is 9.80 Å². The lowest BCUT2D eigenvalue weighted by atomic mass is 10.1. The van der Waals surface area contributed by atoms with Crippen LogP contribution in [-0.2, 0) is 0 Å². The molecule has 0 saturated carbocycles. The average Bonchev–Trinajstić information content (AvgIpc) is 2.63. The van der Waals surface area contributed by atoms with Gasteiger partial charge in [0.05, 0.1) is 12.6 Å². The molecule has 3 rings (SSSR count). The molecule has 0 amide bonds. The number of hydrogen-bond donors (Lipinski definition) is 2. The van der Waals surface area contributed by atoms with Gasteiger partial charge in [-0.2, -0.15) is 0 Å². The van der Waals surface area contributed by atoms with Crippen LogP contribution in [0.5, 0.6) is 0 Å². The smallest absolute Gasteiger partial charge is 0.211 e. The van der Waals surface area contributed by atoms with E-state index in [1.54, 1.807) is 0 Å². The lowest BCUT2D eigenvalue weighted by Crippen LogP contribution is -2.59. The highest BCUT2D eigenvalue weighted by Crippen LogP contribution is 2.33. The molecular weight excluding hydrogens is 296 g/mol. The van der Waals surface area contributed by atoms with E-state index in [2.05, 4.69) is 60.9 Å². The molecule has 4 nitrogen and oxygen atoms in total. The van der Waals surface area contributed by atoms with Gasteiger partial charge in [-0.25, -0.2) is 9.48 Å². The van der Waals surface area contributed by atoms with E-state index in [9.17, 15) is 0 Å². The van der Waals surface area contributed by atoms with Gasteiger partial charge in [0, 0.05) is 19.7 Å². The molecule has 2 aromatic carbocycles. The second kappa shape index (κ2) is 6.89. The Morgan fingerprint density at radius 3 is 2.21 bits per heavy atom. The fraction of sp³-hybridized carbons (Fsp3) is 0.250. The molecule has 2 unspecified atom stereocenters. The topological polar surface area (TPSA) is 36.4 Å². The Morgan fingerprint density at radius 2 is 1.62 bits per heavy atom. The van der Waals surface area contributed by atoms with Crippen molar-refractivity contribution in [3.05, 3.63) is 72.6 Å². The van der Waals surface area contributed by atoms with Gasteiger partial charge in [-0.15, -0.1) is 0 Å². The monoisotopic (exact) mass is 321 g/mol. The number of nitrogens with zero attached hydrogens (tertiary/aromatic N) is 2. The molecule has 1 aliphatic heterocycles. The average molecular weight is 321 g/mol. The molecule has 2 aromatic rings. The maximum Gasteiger partial charge on any atom is 0.211 e. The van der Waals surface area contributed by atoms with Gasteiger partial charge in [-0.3, -0.25) is 0 Å². The number of hydrogen-bond acceptors (Lipinski definition) is 3. The number of benzene rings is 2. The Morgan fingerprint density at radius 1 is 1.00 bits per heavy atom. The molecule has 4 heteroatoms. The molecule has 2 N–H and O–H groups in total. The first-order chi connectivity index (χ1) is 11.7. The lowest BCUT2D eigenvalue weighted by Gasteiger charge is -2.43. The number of aliphatic imine (C=N–C) groups is 1. The molecule has 0 radical (unpaired) electrons. The van der Waals surface area contributed by atoms with Crippen LogP contribution in [0.15, 0.2) is 77.6 Å². The second-order valence-corrected chi connectivity index (χ2v) is 5.94. The van der Waals surface area contributed by atoms with Crippen LogP contribution >= 0.6 is 0 Å². The Hall–Kier alpha value is -2.59. The first-order valence-electron chi connectivity index (χ1n) is 8.44. The van der Waals surface area contributed by atoms with Gasteiger partial charge in [0.25, 0.3) is 0 Å². The van der Waals surface area contributed by atoms with Crippen LogP contribution in [0.3, 0.4) is 0 Å². The van der Waals surface area contributed by atoms with Gasteiger partial charge in [-0.1, -0.05) is 36.4 Å². The van der Waals surface area contributed by atoms with Crippen molar-refractivity contribution in [2.45, 2.75) is 20.0 Å². The Bertz CT molecular complexity index is 737. The van der Waals surface area contributed by atoms with Crippen molar-refractivity contribution < 1.29 is 0 Å². The highest BCUT2D eigenvalue weighted by Gasteiger charge is 2.42. The molecular formula is C20H25N4+. The molecule has 0 fully saturated rings. The van der Waals surface area contributed by atoms with Gasteiger partial charge in [0.1, 0.15) is 11.5 Å². The molecule has 1 aliphatic rings. The molecule has 0 bridgehead atoms. The summed E-state index contributed by atoms with van der Waals surface area (Å²) in [7, 11) is 1.98. The van der Waals surface area contributed by atoms with Crippen LogP contribution < -0.4 is 15.1 Å². The largest absolute Gasteiger partial charge is 0.344 e. The van der Waals surface area contributed by atoms with Gasteiger partial charge in [-0.05, 0) is 31.2 Å². The quantitative estimate of drug-likeness (QED) is 0.837.